The quantitative estimate of drug-likeness (QED) is 0.270. The van der Waals surface area contributed by atoms with Crippen LogP contribution in [0.5, 0.6) is 0 Å². The molecule has 2 aliphatic heterocycles. The van der Waals surface area contributed by atoms with Crippen molar-refractivity contribution in [3.8, 4) is 0 Å². The summed E-state index contributed by atoms with van der Waals surface area (Å²) in [6.45, 7) is 2.28. The summed E-state index contributed by atoms with van der Waals surface area (Å²) < 4.78 is 30.9. The first-order valence-corrected chi connectivity index (χ1v) is 10.3. The van der Waals surface area contributed by atoms with E-state index in [0.29, 0.717) is 38.6 Å². The van der Waals surface area contributed by atoms with Crippen molar-refractivity contribution in [1.29, 1.82) is 0 Å². The molecule has 0 radical (unpaired) electrons. The van der Waals surface area contributed by atoms with Crippen LogP contribution in [0, 0.1) is 0 Å². The number of nitrogens with zero attached hydrogens (tertiary/aromatic N) is 3. The fourth-order valence-electron chi connectivity index (χ4n) is 2.48. The van der Waals surface area contributed by atoms with E-state index >= 15 is 0 Å². The minimum absolute atomic E-state index is 0.0833. The largest absolute Gasteiger partial charge is 0.356 e. The number of hydroxylamine groups is 2. The van der Waals surface area contributed by atoms with Crippen LogP contribution < -0.4 is 5.32 Å². The van der Waals surface area contributed by atoms with Crippen LogP contribution in [0.15, 0.2) is 10.2 Å². The van der Waals surface area contributed by atoms with Gasteiger partial charge in [0.25, 0.3) is 21.9 Å². The summed E-state index contributed by atoms with van der Waals surface area (Å²) in [7, 11) is -4.74. The lowest BCUT2D eigenvalue weighted by Gasteiger charge is -2.13. The smallest absolute Gasteiger partial charge is 0.333 e. The number of nitrogens with one attached hydrogen (secondary N) is 1. The third-order valence-corrected chi connectivity index (χ3v) is 5.35. The minimum Gasteiger partial charge on any atom is -0.356 e. The Kier molecular flexibility index (Phi) is 6.82. The number of imide groups is 1. The van der Waals surface area contributed by atoms with Crippen molar-refractivity contribution in [2.45, 2.75) is 62.8 Å². The van der Waals surface area contributed by atoms with Gasteiger partial charge in [-0.25, -0.2) is 4.79 Å². The molecule has 2 rings (SSSR count). The van der Waals surface area contributed by atoms with Gasteiger partial charge in [0.15, 0.2) is 10.9 Å². The maximum absolute atomic E-state index is 11.7. The fraction of sp³-hybridized carbons (Fsp3) is 0.733. The van der Waals surface area contributed by atoms with Crippen molar-refractivity contribution in [1.82, 2.24) is 10.4 Å². The number of carbonyl (C=O) groups excluding carboxylic acids is 4. The van der Waals surface area contributed by atoms with Gasteiger partial charge in [0.1, 0.15) is 0 Å². The van der Waals surface area contributed by atoms with E-state index in [-0.39, 0.29) is 17.4 Å². The molecule has 3 amide bonds. The normalized spacial score (nSPS) is 20.4. The van der Waals surface area contributed by atoms with Crippen molar-refractivity contribution in [3.63, 3.8) is 0 Å². The standard InChI is InChI=1S/C15H22N4O8S/c1-15(17-18-15)7-6-11(20)16-8-4-2-3-5-13(22)27-19-12(21)9-10(14(19)23)28(24,25)26/h10H,2-9H2,1H3,(H,16,20)(H,24,25,26). The Bertz CT molecular complexity index is 788. The summed E-state index contributed by atoms with van der Waals surface area (Å²) >= 11 is 0. The molecule has 1 atom stereocenters. The lowest BCUT2D eigenvalue weighted by Crippen LogP contribution is -2.36. The van der Waals surface area contributed by atoms with Crippen molar-refractivity contribution < 1.29 is 37.0 Å². The molecule has 0 aromatic heterocycles. The highest BCUT2D eigenvalue weighted by Gasteiger charge is 2.48. The molecule has 0 spiro atoms. The second-order valence-electron chi connectivity index (χ2n) is 6.77. The highest BCUT2D eigenvalue weighted by molar-refractivity contribution is 7.87. The zero-order chi connectivity index (χ0) is 20.9. The average molecular weight is 418 g/mol. The van der Waals surface area contributed by atoms with Gasteiger partial charge < -0.3 is 10.2 Å². The molecule has 0 saturated carbocycles. The van der Waals surface area contributed by atoms with Gasteiger partial charge in [0.2, 0.25) is 5.91 Å². The molecule has 1 saturated heterocycles. The lowest BCUT2D eigenvalue weighted by atomic mass is 10.1. The van der Waals surface area contributed by atoms with E-state index < -0.39 is 45.2 Å². The number of rotatable bonds is 11. The molecule has 12 nitrogen and oxygen atoms in total. The fourth-order valence-corrected chi connectivity index (χ4v) is 3.19. The van der Waals surface area contributed by atoms with E-state index in [1.165, 1.54) is 0 Å². The minimum atomic E-state index is -4.74. The molecular formula is C15H22N4O8S. The molecule has 0 aromatic rings. The van der Waals surface area contributed by atoms with Gasteiger partial charge in [-0.05, 0) is 19.8 Å². The molecule has 1 fully saturated rings. The van der Waals surface area contributed by atoms with Gasteiger partial charge in [-0.3, -0.25) is 18.9 Å². The summed E-state index contributed by atoms with van der Waals surface area (Å²) in [5.74, 6) is -3.27. The first-order chi connectivity index (χ1) is 13.0. The van der Waals surface area contributed by atoms with Gasteiger partial charge in [-0.1, -0.05) is 6.42 Å². The monoisotopic (exact) mass is 418 g/mol. The molecular weight excluding hydrogens is 396 g/mol. The molecule has 0 bridgehead atoms. The molecule has 0 aliphatic carbocycles. The predicted octanol–water partition coefficient (Wildman–Crippen LogP) is 0.0987. The van der Waals surface area contributed by atoms with Gasteiger partial charge in [-0.2, -0.15) is 18.6 Å². The highest BCUT2D eigenvalue weighted by atomic mass is 32.2. The van der Waals surface area contributed by atoms with E-state index in [9.17, 15) is 27.6 Å². The Morgan fingerprint density at radius 1 is 1.25 bits per heavy atom. The Balaban J connectivity index is 1.57. The second-order valence-corrected chi connectivity index (χ2v) is 8.37. The Labute approximate surface area is 161 Å². The van der Waals surface area contributed by atoms with Crippen LogP contribution >= 0.6 is 0 Å². The zero-order valence-corrected chi connectivity index (χ0v) is 16.1. The maximum Gasteiger partial charge on any atom is 0.333 e. The first-order valence-electron chi connectivity index (χ1n) is 8.76. The lowest BCUT2D eigenvalue weighted by molar-refractivity contribution is -0.197. The van der Waals surface area contributed by atoms with Gasteiger partial charge in [0.05, 0.1) is 6.42 Å². The van der Waals surface area contributed by atoms with E-state index in [1.54, 1.807) is 0 Å². The summed E-state index contributed by atoms with van der Waals surface area (Å²) in [6, 6.07) is 0. The van der Waals surface area contributed by atoms with Crippen molar-refractivity contribution in [3.05, 3.63) is 0 Å². The van der Waals surface area contributed by atoms with Crippen LogP contribution in [0.25, 0.3) is 0 Å². The van der Waals surface area contributed by atoms with E-state index in [0.717, 1.165) is 0 Å². The Morgan fingerprint density at radius 2 is 1.93 bits per heavy atom. The molecule has 2 N–H and O–H groups in total. The van der Waals surface area contributed by atoms with Crippen molar-refractivity contribution in [2.75, 3.05) is 6.54 Å². The Morgan fingerprint density at radius 3 is 2.50 bits per heavy atom. The first kappa shape index (κ1) is 21.9. The summed E-state index contributed by atoms with van der Waals surface area (Å²) in [6.07, 6.45) is 1.64. The van der Waals surface area contributed by atoms with E-state index in [1.807, 2.05) is 6.92 Å². The molecule has 2 heterocycles. The van der Waals surface area contributed by atoms with Crippen molar-refractivity contribution in [2.24, 2.45) is 10.2 Å². The molecule has 28 heavy (non-hydrogen) atoms. The Hall–Kier alpha value is -2.41. The SMILES string of the molecule is CC1(CCC(=O)NCCCCCC(=O)ON2C(=O)CC(S(=O)(=O)O)C2=O)N=N1. The predicted molar refractivity (Wildman–Crippen MR) is 91.9 cm³/mol. The highest BCUT2D eigenvalue weighted by Crippen LogP contribution is 2.31. The molecule has 13 heteroatoms. The molecule has 0 aromatic carbocycles. The number of carbonyl (C=O) groups is 4. The number of hydrogen-bond donors (Lipinski definition) is 2. The van der Waals surface area contributed by atoms with Gasteiger partial charge in [0, 0.05) is 25.8 Å². The van der Waals surface area contributed by atoms with Crippen LogP contribution in [0.3, 0.4) is 0 Å². The summed E-state index contributed by atoms with van der Waals surface area (Å²) in [5, 5.41) is 8.52. The van der Waals surface area contributed by atoms with Gasteiger partial charge in [-0.15, -0.1) is 5.06 Å². The number of unbranched alkanes of at least 4 members (excludes halogenated alkanes) is 2. The molecule has 156 valence electrons. The average Bonchev–Trinajstić information content (AvgIpc) is 3.27. The number of amides is 3. The van der Waals surface area contributed by atoms with E-state index in [2.05, 4.69) is 20.4 Å². The molecule has 2 aliphatic rings. The van der Waals surface area contributed by atoms with E-state index in [4.69, 9.17) is 4.55 Å². The zero-order valence-electron chi connectivity index (χ0n) is 15.3. The van der Waals surface area contributed by atoms with Crippen LogP contribution in [0.1, 0.15) is 51.9 Å². The summed E-state index contributed by atoms with van der Waals surface area (Å²) in [5.41, 5.74) is -0.406. The maximum atomic E-state index is 11.7. The second kappa shape index (κ2) is 8.73. The topological polar surface area (TPSA) is 172 Å². The number of hydrogen-bond acceptors (Lipinski definition) is 9. The van der Waals surface area contributed by atoms with Crippen LogP contribution in [-0.4, -0.2) is 59.2 Å². The third kappa shape index (κ3) is 6.34. The van der Waals surface area contributed by atoms with Crippen molar-refractivity contribution >= 4 is 33.8 Å². The third-order valence-electron chi connectivity index (χ3n) is 4.26. The summed E-state index contributed by atoms with van der Waals surface area (Å²) in [4.78, 5) is 51.2. The van der Waals surface area contributed by atoms with Crippen LogP contribution in [0.2, 0.25) is 0 Å². The van der Waals surface area contributed by atoms with Crippen LogP contribution in [0.4, 0.5) is 0 Å². The molecule has 1 unspecified atom stereocenters. The van der Waals surface area contributed by atoms with Gasteiger partial charge >= 0.3 is 5.97 Å². The van der Waals surface area contributed by atoms with Crippen LogP contribution in [-0.2, 0) is 34.1 Å².